The Bertz CT molecular complexity index is 3220. The van der Waals surface area contributed by atoms with Crippen molar-refractivity contribution in [2.45, 2.75) is 102 Å². The van der Waals surface area contributed by atoms with Crippen molar-refractivity contribution in [2.24, 2.45) is 5.73 Å². The van der Waals surface area contributed by atoms with E-state index in [0.717, 1.165) is 10.5 Å². The zero-order valence-corrected chi connectivity index (χ0v) is 44.6. The first-order valence-electron chi connectivity index (χ1n) is 26.7. The monoisotopic (exact) mass is 1100 g/mol. The standard InChI is InChI=1S/C56H65FN10O13/c1-3-56(79)37-25-42-52-35(29-67(42)53(76)36(37)31-80-55(56)78)51-39(14-13-34-32(2)38(57)26-40(63-52)50(34)51)61-45(71)17-19-64(22-23-68)20-21-65(30-43(58)69)54(77)41(24-33-10-6-4-7-11-33)62-47(73)28-60-46(72)27-59-44(70)12-8-5-9-18-66-48(74)15-16-49(66)75/h4,6-7,10-11,15-16,25-26,39,41,68,79H,3,5,8-9,12-14,17-24,27-31H2,1-2H3,(H2,58,69)(H,59,70)(H,60,72)(H,61,71)(H,62,73)/t39-,41-,56-/m0/s1. The molecular weight excluding hydrogens is 1040 g/mol. The molecule has 23 nitrogen and oxygen atoms in total. The van der Waals surface area contributed by atoms with Gasteiger partial charge in [0.1, 0.15) is 18.5 Å². The molecule has 0 spiro atoms. The van der Waals surface area contributed by atoms with Crippen molar-refractivity contribution in [1.29, 1.82) is 0 Å². The van der Waals surface area contributed by atoms with Crippen LogP contribution >= 0.6 is 0 Å². The predicted molar refractivity (Wildman–Crippen MR) is 285 cm³/mol. The van der Waals surface area contributed by atoms with E-state index in [-0.39, 0.29) is 107 Å². The van der Waals surface area contributed by atoms with Crippen molar-refractivity contribution in [3.8, 4) is 11.4 Å². The third kappa shape index (κ3) is 12.8. The molecule has 0 bridgehead atoms. The van der Waals surface area contributed by atoms with Crippen LogP contribution in [0.2, 0.25) is 0 Å². The lowest BCUT2D eigenvalue weighted by Crippen LogP contribution is -2.54. The number of aliphatic hydroxyl groups excluding tert-OH is 1. The number of carbonyl (C=O) groups excluding carboxylic acids is 9. The molecule has 8 N–H and O–H groups in total. The number of unbranched alkanes of at least 4 members (excludes halogenated alkanes) is 2. The van der Waals surface area contributed by atoms with Gasteiger partial charge < -0.3 is 51.4 Å². The molecule has 4 aliphatic rings. The van der Waals surface area contributed by atoms with Gasteiger partial charge in [0, 0.05) is 86.7 Å². The van der Waals surface area contributed by atoms with Crippen LogP contribution in [0, 0.1) is 12.7 Å². The number of imide groups is 1. The van der Waals surface area contributed by atoms with E-state index in [1.807, 2.05) is 0 Å². The minimum absolute atomic E-state index is 0.0109. The molecule has 4 aromatic rings. The fourth-order valence-corrected chi connectivity index (χ4v) is 10.8. The number of nitrogens with two attached hydrogens (primary N) is 1. The molecule has 2 aromatic heterocycles. The van der Waals surface area contributed by atoms with Gasteiger partial charge in [0.05, 0.1) is 61.3 Å². The van der Waals surface area contributed by atoms with E-state index in [4.69, 9.17) is 15.5 Å². The van der Waals surface area contributed by atoms with E-state index < -0.39 is 84.2 Å². The van der Waals surface area contributed by atoms with Crippen LogP contribution in [0.5, 0.6) is 0 Å². The molecule has 0 unspecified atom stereocenters. The summed E-state index contributed by atoms with van der Waals surface area (Å²) < 4.78 is 22.3. The summed E-state index contributed by atoms with van der Waals surface area (Å²) in [4.78, 5) is 138. The molecule has 2 aromatic carbocycles. The van der Waals surface area contributed by atoms with Crippen LogP contribution in [0.1, 0.15) is 96.9 Å². The minimum atomic E-state index is -2.07. The average Bonchev–Trinajstić information content (AvgIpc) is 3.98. The number of esters is 1. The maximum Gasteiger partial charge on any atom is 0.343 e. The van der Waals surface area contributed by atoms with Crippen molar-refractivity contribution in [3.05, 3.63) is 110 Å². The number of hydrogen-bond acceptors (Lipinski definition) is 15. The summed E-state index contributed by atoms with van der Waals surface area (Å²) in [6.07, 6.45) is 4.63. The van der Waals surface area contributed by atoms with Gasteiger partial charge in [-0.05, 0) is 67.3 Å². The molecule has 0 saturated carbocycles. The van der Waals surface area contributed by atoms with Gasteiger partial charge in [0.2, 0.25) is 35.4 Å². The van der Waals surface area contributed by atoms with Crippen LogP contribution in [-0.4, -0.2) is 153 Å². The van der Waals surface area contributed by atoms with Crippen LogP contribution in [0.3, 0.4) is 0 Å². The van der Waals surface area contributed by atoms with E-state index in [2.05, 4.69) is 21.3 Å². The zero-order valence-electron chi connectivity index (χ0n) is 44.6. The summed E-state index contributed by atoms with van der Waals surface area (Å²) >= 11 is 0. The van der Waals surface area contributed by atoms with E-state index >= 15 is 4.39 Å². The number of halogens is 1. The lowest BCUT2D eigenvalue weighted by Gasteiger charge is -2.31. The lowest BCUT2D eigenvalue weighted by atomic mass is 9.81. The van der Waals surface area contributed by atoms with Gasteiger partial charge in [0.25, 0.3) is 17.4 Å². The summed E-state index contributed by atoms with van der Waals surface area (Å²) in [5.41, 5.74) is 7.48. The zero-order chi connectivity index (χ0) is 57.4. The number of rotatable bonds is 26. The number of aliphatic hydroxyl groups is 2. The van der Waals surface area contributed by atoms with Crippen LogP contribution in [0.25, 0.3) is 22.3 Å². The normalized spacial score (nSPS) is 17.1. The maximum atomic E-state index is 15.5. The fourth-order valence-electron chi connectivity index (χ4n) is 10.8. The van der Waals surface area contributed by atoms with Crippen LogP contribution in [0.4, 0.5) is 4.39 Å². The molecule has 8 amide bonds. The SMILES string of the molecule is CC[C@@]1(O)C(=O)OCc2c1cc1n(c2=O)Cc2c-1nc1cc(F)c(C)c3c1c2[C@@H](NC(=O)CCN(CCO)CCN(CC(N)=O)C(=O)[C@H](Cc1ccccc1)NC(=O)CNC(=O)CNC(=O)CCCCCN1C(=O)C=CC1=O)CC3. The Hall–Kier alpha value is -8.22. The summed E-state index contributed by atoms with van der Waals surface area (Å²) in [7, 11) is 0. The quantitative estimate of drug-likeness (QED) is 0.0219. The van der Waals surface area contributed by atoms with E-state index in [1.54, 1.807) is 55.1 Å². The molecule has 5 heterocycles. The number of aryl methyl sites for hydroxylation is 1. The predicted octanol–water partition coefficient (Wildman–Crippen LogP) is 0.0742. The second kappa shape index (κ2) is 25.3. The highest BCUT2D eigenvalue weighted by atomic mass is 19.1. The topological polar surface area (TPSA) is 322 Å². The number of hydrogen-bond donors (Lipinski definition) is 7. The van der Waals surface area contributed by atoms with E-state index in [9.17, 15) is 58.2 Å². The third-order valence-electron chi connectivity index (χ3n) is 15.1. The average molecular weight is 1110 g/mol. The highest BCUT2D eigenvalue weighted by Crippen LogP contribution is 2.46. The van der Waals surface area contributed by atoms with Crippen LogP contribution < -0.4 is 32.6 Å². The van der Waals surface area contributed by atoms with Crippen molar-refractivity contribution in [3.63, 3.8) is 0 Å². The number of pyridine rings is 2. The lowest BCUT2D eigenvalue weighted by molar-refractivity contribution is -0.172. The molecule has 8 rings (SSSR count). The van der Waals surface area contributed by atoms with Crippen molar-refractivity contribution in [2.75, 3.05) is 59.0 Å². The molecule has 0 radical (unpaired) electrons. The number of fused-ring (bicyclic) bond motifs is 5. The van der Waals surface area contributed by atoms with Gasteiger partial charge in [-0.25, -0.2) is 14.2 Å². The summed E-state index contributed by atoms with van der Waals surface area (Å²) in [5.74, 6) is -5.83. The highest BCUT2D eigenvalue weighted by molar-refractivity contribution is 6.12. The number of primary amides is 1. The van der Waals surface area contributed by atoms with Crippen molar-refractivity contribution < 1.29 is 62.5 Å². The van der Waals surface area contributed by atoms with E-state index in [0.29, 0.717) is 76.6 Å². The number of benzene rings is 2. The Kier molecular flexibility index (Phi) is 18.3. The Morgan fingerprint density at radius 1 is 0.887 bits per heavy atom. The Morgan fingerprint density at radius 2 is 1.61 bits per heavy atom. The number of nitrogens with one attached hydrogen (secondary N) is 4. The Morgan fingerprint density at radius 3 is 2.33 bits per heavy atom. The van der Waals surface area contributed by atoms with Gasteiger partial charge in [-0.1, -0.05) is 43.7 Å². The molecule has 0 saturated heterocycles. The fraction of sp³-hybridized carbons (Fsp3) is 0.446. The smallest absolute Gasteiger partial charge is 0.343 e. The van der Waals surface area contributed by atoms with Crippen molar-refractivity contribution in [1.82, 2.24) is 45.5 Å². The van der Waals surface area contributed by atoms with Crippen LogP contribution in [-0.2, 0) is 79.5 Å². The first-order chi connectivity index (χ1) is 38.3. The Labute approximate surface area is 459 Å². The van der Waals surface area contributed by atoms with Gasteiger partial charge in [-0.15, -0.1) is 0 Å². The number of ether oxygens (including phenoxy) is 1. The van der Waals surface area contributed by atoms with Gasteiger partial charge >= 0.3 is 5.97 Å². The summed E-state index contributed by atoms with van der Waals surface area (Å²) in [5, 5.41) is 32.9. The van der Waals surface area contributed by atoms with Crippen LogP contribution in [0.15, 0.2) is 59.4 Å². The molecule has 3 aliphatic heterocycles. The van der Waals surface area contributed by atoms with Gasteiger partial charge in [-0.3, -0.25) is 53.0 Å². The number of carbonyl (C=O) groups is 9. The summed E-state index contributed by atoms with van der Waals surface area (Å²) in [6, 6.07) is 9.79. The largest absolute Gasteiger partial charge is 0.458 e. The number of nitrogens with zero attached hydrogens (tertiary/aromatic N) is 5. The number of amides is 8. The minimum Gasteiger partial charge on any atom is -0.458 e. The molecule has 80 heavy (non-hydrogen) atoms. The number of aromatic nitrogens is 2. The first kappa shape index (κ1) is 57.9. The first-order valence-corrected chi connectivity index (χ1v) is 26.7. The Balaban J connectivity index is 0.893. The molecule has 3 atom stereocenters. The summed E-state index contributed by atoms with van der Waals surface area (Å²) in [6.45, 7) is 1.48. The molecular formula is C56H65FN10O13. The van der Waals surface area contributed by atoms with Gasteiger partial charge in [0.15, 0.2) is 5.60 Å². The molecule has 424 valence electrons. The second-order valence-corrected chi connectivity index (χ2v) is 20.3. The molecule has 0 fully saturated rings. The molecule has 1 aliphatic carbocycles. The van der Waals surface area contributed by atoms with Crippen molar-refractivity contribution >= 4 is 64.1 Å². The van der Waals surface area contributed by atoms with E-state index in [1.165, 1.54) is 27.7 Å². The highest BCUT2D eigenvalue weighted by Gasteiger charge is 2.46. The number of cyclic esters (lactones) is 1. The third-order valence-corrected chi connectivity index (χ3v) is 15.1. The maximum absolute atomic E-state index is 15.5. The second-order valence-electron chi connectivity index (χ2n) is 20.3. The van der Waals surface area contributed by atoms with Gasteiger partial charge in [-0.2, -0.15) is 0 Å². The molecule has 24 heteroatoms.